The Morgan fingerprint density at radius 1 is 1.10 bits per heavy atom. The van der Waals surface area contributed by atoms with Crippen molar-refractivity contribution in [3.05, 3.63) is 83.6 Å². The minimum absolute atomic E-state index is 0.0885. The average Bonchev–Trinajstić information content (AvgIpc) is 3.10. The number of para-hydroxylation sites is 1. The van der Waals surface area contributed by atoms with E-state index in [1.165, 1.54) is 18.3 Å². The summed E-state index contributed by atoms with van der Waals surface area (Å²) in [5.74, 6) is 0.0912. The molecule has 1 fully saturated rings. The highest BCUT2D eigenvalue weighted by atomic mass is 32.2. The molecule has 0 spiro atoms. The van der Waals surface area contributed by atoms with Crippen LogP contribution in [0.5, 0.6) is 5.75 Å². The van der Waals surface area contributed by atoms with E-state index >= 15 is 0 Å². The second kappa shape index (κ2) is 10.9. The molecule has 2 aromatic rings. The van der Waals surface area contributed by atoms with Crippen LogP contribution in [0.3, 0.4) is 0 Å². The van der Waals surface area contributed by atoms with Gasteiger partial charge in [-0.3, -0.25) is 9.79 Å². The standard InChI is InChI=1S/C23H21N3O4S/c1-29-20-13-7-6-11-18(20)12-8-14-25-26-19(15-21(27)30-2)22(28)31-23(26)24-16-17-9-4-3-5-10-17/h3-15H,16H2,1-2H3/b12-8+,19-15+,24-23?,25-14+. The number of hydrazone groups is 1. The van der Waals surface area contributed by atoms with Crippen molar-refractivity contribution in [3.8, 4) is 5.75 Å². The molecule has 0 saturated carbocycles. The van der Waals surface area contributed by atoms with Crippen LogP contribution in [-0.2, 0) is 20.9 Å². The van der Waals surface area contributed by atoms with Gasteiger partial charge in [-0.15, -0.1) is 0 Å². The average molecular weight is 436 g/mol. The molecule has 2 aromatic carbocycles. The number of hydrogen-bond acceptors (Lipinski definition) is 7. The van der Waals surface area contributed by atoms with Crippen molar-refractivity contribution in [1.29, 1.82) is 0 Å². The van der Waals surface area contributed by atoms with E-state index in [9.17, 15) is 9.59 Å². The van der Waals surface area contributed by atoms with Crippen LogP contribution in [0.2, 0.25) is 0 Å². The lowest BCUT2D eigenvalue weighted by Crippen LogP contribution is -2.18. The number of thioether (sulfide) groups is 1. The molecule has 7 nitrogen and oxygen atoms in total. The van der Waals surface area contributed by atoms with E-state index < -0.39 is 5.97 Å². The number of methoxy groups -OCH3 is 2. The Kier molecular flexibility index (Phi) is 7.78. The molecule has 0 radical (unpaired) electrons. The Bertz CT molecular complexity index is 1060. The van der Waals surface area contributed by atoms with Crippen molar-refractivity contribution in [2.24, 2.45) is 10.1 Å². The van der Waals surface area contributed by atoms with Crippen molar-refractivity contribution in [2.45, 2.75) is 6.54 Å². The Labute approximate surface area is 184 Å². The number of allylic oxidation sites excluding steroid dienone is 1. The van der Waals surface area contributed by atoms with Gasteiger partial charge in [-0.1, -0.05) is 48.5 Å². The smallest absolute Gasteiger partial charge is 0.332 e. The molecule has 1 aliphatic rings. The van der Waals surface area contributed by atoms with Gasteiger partial charge in [-0.05, 0) is 35.5 Å². The number of carbonyl (C=O) groups excluding carboxylic acids is 2. The summed E-state index contributed by atoms with van der Waals surface area (Å²) in [6.07, 6.45) is 6.18. The van der Waals surface area contributed by atoms with Gasteiger partial charge in [0.25, 0.3) is 0 Å². The van der Waals surface area contributed by atoms with Crippen molar-refractivity contribution >= 4 is 40.3 Å². The van der Waals surface area contributed by atoms with Crippen molar-refractivity contribution in [2.75, 3.05) is 14.2 Å². The van der Waals surface area contributed by atoms with Crippen LogP contribution in [0.4, 0.5) is 0 Å². The highest BCUT2D eigenvalue weighted by Gasteiger charge is 2.33. The third-order valence-corrected chi connectivity index (χ3v) is 5.06. The van der Waals surface area contributed by atoms with Gasteiger partial charge in [0.1, 0.15) is 11.4 Å². The van der Waals surface area contributed by atoms with E-state index in [0.717, 1.165) is 34.7 Å². The highest BCUT2D eigenvalue weighted by Crippen LogP contribution is 2.30. The van der Waals surface area contributed by atoms with Gasteiger partial charge in [0.2, 0.25) is 5.12 Å². The summed E-state index contributed by atoms with van der Waals surface area (Å²) in [5, 5.41) is 5.74. The topological polar surface area (TPSA) is 80.6 Å². The molecule has 0 bridgehead atoms. The van der Waals surface area contributed by atoms with E-state index in [2.05, 4.69) is 14.8 Å². The molecule has 0 N–H and O–H groups in total. The monoisotopic (exact) mass is 435 g/mol. The number of rotatable bonds is 7. The zero-order valence-electron chi connectivity index (χ0n) is 17.1. The van der Waals surface area contributed by atoms with Gasteiger partial charge < -0.3 is 9.47 Å². The number of carbonyl (C=O) groups is 2. The fourth-order valence-corrected chi connectivity index (χ4v) is 3.44. The Balaban J connectivity index is 1.85. The molecule has 0 unspecified atom stereocenters. The lowest BCUT2D eigenvalue weighted by atomic mass is 10.2. The molecule has 1 saturated heterocycles. The first-order valence-corrected chi connectivity index (χ1v) is 10.2. The molecule has 3 rings (SSSR count). The predicted molar refractivity (Wildman–Crippen MR) is 123 cm³/mol. The predicted octanol–water partition coefficient (Wildman–Crippen LogP) is 3.88. The first-order chi connectivity index (χ1) is 15.1. The fourth-order valence-electron chi connectivity index (χ4n) is 2.67. The maximum absolute atomic E-state index is 12.5. The minimum Gasteiger partial charge on any atom is -0.496 e. The van der Waals surface area contributed by atoms with Crippen LogP contribution in [0.25, 0.3) is 6.08 Å². The molecule has 0 aromatic heterocycles. The van der Waals surface area contributed by atoms with E-state index in [-0.39, 0.29) is 10.8 Å². The number of benzene rings is 2. The molecule has 1 heterocycles. The van der Waals surface area contributed by atoms with Gasteiger partial charge in [-0.2, -0.15) is 5.10 Å². The van der Waals surface area contributed by atoms with Gasteiger partial charge in [0.05, 0.1) is 26.8 Å². The maximum Gasteiger partial charge on any atom is 0.332 e. The highest BCUT2D eigenvalue weighted by molar-refractivity contribution is 8.27. The normalized spacial score (nSPS) is 16.7. The summed E-state index contributed by atoms with van der Waals surface area (Å²) in [7, 11) is 2.85. The van der Waals surface area contributed by atoms with E-state index in [1.807, 2.05) is 60.7 Å². The van der Waals surface area contributed by atoms with Crippen molar-refractivity contribution in [3.63, 3.8) is 0 Å². The van der Waals surface area contributed by atoms with Gasteiger partial charge in [0, 0.05) is 11.8 Å². The summed E-state index contributed by atoms with van der Waals surface area (Å²) in [6.45, 7) is 0.380. The van der Waals surface area contributed by atoms with Crippen LogP contribution in [-0.4, -0.2) is 41.7 Å². The summed E-state index contributed by atoms with van der Waals surface area (Å²) < 4.78 is 9.98. The molecule has 31 heavy (non-hydrogen) atoms. The lowest BCUT2D eigenvalue weighted by molar-refractivity contribution is -0.135. The zero-order valence-corrected chi connectivity index (χ0v) is 17.9. The first-order valence-electron chi connectivity index (χ1n) is 9.36. The van der Waals surface area contributed by atoms with Crippen LogP contribution in [0.15, 0.2) is 82.5 Å². The van der Waals surface area contributed by atoms with Crippen molar-refractivity contribution in [1.82, 2.24) is 5.01 Å². The summed E-state index contributed by atoms with van der Waals surface area (Å²) >= 11 is 0.917. The number of aliphatic imine (C=N–C) groups is 1. The summed E-state index contributed by atoms with van der Waals surface area (Å²) in [4.78, 5) is 28.7. The van der Waals surface area contributed by atoms with Gasteiger partial charge in [0.15, 0.2) is 5.17 Å². The second-order valence-corrected chi connectivity index (χ2v) is 7.14. The molecular formula is C23H21N3O4S. The number of ether oxygens (including phenoxy) is 2. The largest absolute Gasteiger partial charge is 0.496 e. The van der Waals surface area contributed by atoms with Crippen LogP contribution < -0.4 is 4.74 Å². The molecule has 1 aliphatic heterocycles. The minimum atomic E-state index is -0.641. The summed E-state index contributed by atoms with van der Waals surface area (Å²) in [5.41, 5.74) is 1.96. The summed E-state index contributed by atoms with van der Waals surface area (Å²) in [6, 6.07) is 17.2. The van der Waals surface area contributed by atoms with Gasteiger partial charge in [-0.25, -0.2) is 9.80 Å². The second-order valence-electron chi connectivity index (χ2n) is 6.20. The zero-order chi connectivity index (χ0) is 22.1. The Morgan fingerprint density at radius 2 is 1.84 bits per heavy atom. The van der Waals surface area contributed by atoms with Crippen LogP contribution in [0.1, 0.15) is 11.1 Å². The molecule has 0 atom stereocenters. The molecular weight excluding hydrogens is 414 g/mol. The number of esters is 1. The fraction of sp³-hybridized carbons (Fsp3) is 0.130. The van der Waals surface area contributed by atoms with Crippen LogP contribution in [0, 0.1) is 0 Å². The number of amidine groups is 1. The van der Waals surface area contributed by atoms with Crippen molar-refractivity contribution < 1.29 is 19.1 Å². The van der Waals surface area contributed by atoms with E-state index in [4.69, 9.17) is 4.74 Å². The Morgan fingerprint density at radius 3 is 2.58 bits per heavy atom. The third kappa shape index (κ3) is 5.93. The number of hydrogen-bond donors (Lipinski definition) is 0. The van der Waals surface area contributed by atoms with Gasteiger partial charge >= 0.3 is 5.97 Å². The quantitative estimate of drug-likeness (QED) is 0.373. The lowest BCUT2D eigenvalue weighted by Gasteiger charge is -2.11. The maximum atomic E-state index is 12.5. The molecule has 8 heteroatoms. The first kappa shape index (κ1) is 22.0. The van der Waals surface area contributed by atoms with Crippen LogP contribution >= 0.6 is 11.8 Å². The molecule has 0 amide bonds. The molecule has 0 aliphatic carbocycles. The third-order valence-electron chi connectivity index (χ3n) is 4.18. The molecule has 158 valence electrons. The SMILES string of the molecule is COC(=O)/C=C1\C(=O)SC(=NCc2ccccc2)N1/N=C/C=C/c1ccccc1OC. The van der Waals surface area contributed by atoms with E-state index in [0.29, 0.717) is 11.7 Å². The Hall–Kier alpha value is -3.65. The van der Waals surface area contributed by atoms with E-state index in [1.54, 1.807) is 13.2 Å². The number of nitrogens with zero attached hydrogens (tertiary/aromatic N) is 3.